The highest BCUT2D eigenvalue weighted by Gasteiger charge is 2.43. The van der Waals surface area contributed by atoms with Crippen molar-refractivity contribution < 1.29 is 9.47 Å². The molecule has 1 fully saturated rings. The Balaban J connectivity index is 1.90. The predicted molar refractivity (Wildman–Crippen MR) is 77.7 cm³/mol. The molecule has 0 aromatic heterocycles. The minimum atomic E-state index is 0.179. The van der Waals surface area contributed by atoms with Crippen LogP contribution in [0.15, 0.2) is 24.3 Å². The molecule has 3 heteroatoms. The Morgan fingerprint density at radius 1 is 1.21 bits per heavy atom. The summed E-state index contributed by atoms with van der Waals surface area (Å²) in [4.78, 5) is 0. The lowest BCUT2D eigenvalue weighted by Crippen LogP contribution is -2.61. The second-order valence-corrected chi connectivity index (χ2v) is 5.20. The molecule has 1 saturated carbocycles. The van der Waals surface area contributed by atoms with E-state index in [0.717, 1.165) is 31.7 Å². The van der Waals surface area contributed by atoms with Crippen molar-refractivity contribution in [1.82, 2.24) is 5.32 Å². The Morgan fingerprint density at radius 3 is 2.58 bits per heavy atom. The molecule has 0 heterocycles. The van der Waals surface area contributed by atoms with E-state index in [1.165, 1.54) is 5.56 Å². The van der Waals surface area contributed by atoms with Crippen LogP contribution in [0.2, 0.25) is 0 Å². The summed E-state index contributed by atoms with van der Waals surface area (Å²) in [5, 5.41) is 3.46. The molecule has 0 bridgehead atoms. The number of hydrogen-bond donors (Lipinski definition) is 1. The summed E-state index contributed by atoms with van der Waals surface area (Å²) in [6, 6.07) is 8.67. The summed E-state index contributed by atoms with van der Waals surface area (Å²) in [7, 11) is 0. The van der Waals surface area contributed by atoms with Gasteiger partial charge in [0.15, 0.2) is 0 Å². The molecule has 3 nitrogen and oxygen atoms in total. The smallest absolute Gasteiger partial charge is 0.128 e. The van der Waals surface area contributed by atoms with Crippen molar-refractivity contribution in [3.63, 3.8) is 0 Å². The van der Waals surface area contributed by atoms with Crippen molar-refractivity contribution >= 4 is 0 Å². The third-order valence-corrected chi connectivity index (χ3v) is 3.54. The molecule has 0 amide bonds. The summed E-state index contributed by atoms with van der Waals surface area (Å²) in [6.45, 7) is 8.14. The molecule has 0 saturated heterocycles. The fourth-order valence-corrected chi connectivity index (χ4v) is 2.43. The van der Waals surface area contributed by atoms with E-state index in [1.54, 1.807) is 0 Å². The molecule has 1 aromatic rings. The van der Waals surface area contributed by atoms with Gasteiger partial charge in [0, 0.05) is 19.1 Å². The maximum absolute atomic E-state index is 6.03. The molecular formula is C16H25NO2. The predicted octanol–water partition coefficient (Wildman–Crippen LogP) is 2.92. The number of rotatable bonds is 7. The largest absolute Gasteiger partial charge is 0.488 e. The van der Waals surface area contributed by atoms with E-state index >= 15 is 0 Å². The van der Waals surface area contributed by atoms with Crippen LogP contribution in [0.5, 0.6) is 5.75 Å². The second-order valence-electron chi connectivity index (χ2n) is 5.20. The summed E-state index contributed by atoms with van der Waals surface area (Å²) in [5.74, 6) is 0.940. The third-order valence-electron chi connectivity index (χ3n) is 3.54. The van der Waals surface area contributed by atoms with Crippen LogP contribution >= 0.6 is 0 Å². The fourth-order valence-electron chi connectivity index (χ4n) is 2.43. The van der Waals surface area contributed by atoms with Crippen LogP contribution in [0.1, 0.15) is 32.3 Å². The molecule has 3 unspecified atom stereocenters. The lowest BCUT2D eigenvalue weighted by Gasteiger charge is -2.44. The van der Waals surface area contributed by atoms with E-state index in [0.29, 0.717) is 6.04 Å². The number of hydrogen-bond acceptors (Lipinski definition) is 3. The Bertz CT molecular complexity index is 377. The van der Waals surface area contributed by atoms with E-state index in [-0.39, 0.29) is 12.2 Å². The zero-order valence-corrected chi connectivity index (χ0v) is 12.2. The molecule has 3 atom stereocenters. The molecule has 0 aliphatic heterocycles. The molecule has 1 aliphatic carbocycles. The van der Waals surface area contributed by atoms with Crippen molar-refractivity contribution in [3.05, 3.63) is 29.8 Å². The quantitative estimate of drug-likeness (QED) is 0.820. The Hall–Kier alpha value is -1.06. The number of likely N-dealkylation sites (N-methyl/N-ethyl adjacent to an activating group) is 1. The van der Waals surface area contributed by atoms with Gasteiger partial charge in [0.1, 0.15) is 18.0 Å². The number of aryl methyl sites for hydroxylation is 1. The van der Waals surface area contributed by atoms with Crippen molar-refractivity contribution in [2.75, 3.05) is 13.2 Å². The van der Waals surface area contributed by atoms with Crippen molar-refractivity contribution in [1.29, 1.82) is 0 Å². The molecule has 19 heavy (non-hydrogen) atoms. The minimum absolute atomic E-state index is 0.179. The normalized spacial score (nSPS) is 25.9. The Kier molecular flexibility index (Phi) is 5.23. The van der Waals surface area contributed by atoms with E-state index in [2.05, 4.69) is 38.2 Å². The van der Waals surface area contributed by atoms with Crippen molar-refractivity contribution in [2.24, 2.45) is 0 Å². The van der Waals surface area contributed by atoms with Crippen molar-refractivity contribution in [2.45, 2.75) is 51.9 Å². The lowest BCUT2D eigenvalue weighted by molar-refractivity contribution is -0.107. The number of ether oxygens (including phenoxy) is 2. The van der Waals surface area contributed by atoms with E-state index in [9.17, 15) is 0 Å². The summed E-state index contributed by atoms with van der Waals surface area (Å²) in [6.07, 6.45) is 2.43. The van der Waals surface area contributed by atoms with E-state index in [1.807, 2.05) is 12.1 Å². The van der Waals surface area contributed by atoms with E-state index < -0.39 is 0 Å². The standard InChI is InChI=1S/C16H25NO2/c1-4-10-18-16-14(17-5-2)11-15(16)19-13-8-6-12(3)7-9-13/h6-9,14-17H,4-5,10-11H2,1-3H3. The molecule has 0 radical (unpaired) electrons. The van der Waals surface area contributed by atoms with Gasteiger partial charge < -0.3 is 14.8 Å². The van der Waals surface area contributed by atoms with Gasteiger partial charge in [0.2, 0.25) is 0 Å². The van der Waals surface area contributed by atoms with Gasteiger partial charge >= 0.3 is 0 Å². The lowest BCUT2D eigenvalue weighted by atomic mass is 9.85. The Morgan fingerprint density at radius 2 is 1.95 bits per heavy atom. The molecule has 1 N–H and O–H groups in total. The topological polar surface area (TPSA) is 30.5 Å². The first-order valence-corrected chi connectivity index (χ1v) is 7.33. The third kappa shape index (κ3) is 3.71. The molecular weight excluding hydrogens is 238 g/mol. The molecule has 2 rings (SSSR count). The van der Waals surface area contributed by atoms with Gasteiger partial charge in [0.25, 0.3) is 0 Å². The maximum atomic E-state index is 6.03. The zero-order valence-electron chi connectivity index (χ0n) is 12.2. The summed E-state index contributed by atoms with van der Waals surface area (Å²) >= 11 is 0. The van der Waals surface area contributed by atoms with Crippen LogP contribution < -0.4 is 10.1 Å². The SMILES string of the molecule is CCCOC1C(NCC)CC1Oc1ccc(C)cc1. The van der Waals surface area contributed by atoms with Gasteiger partial charge in [-0.05, 0) is 32.0 Å². The molecule has 106 valence electrons. The highest BCUT2D eigenvalue weighted by molar-refractivity contribution is 5.27. The van der Waals surface area contributed by atoms with Gasteiger partial charge in [0.05, 0.1) is 0 Å². The van der Waals surface area contributed by atoms with Crippen LogP contribution in [0.3, 0.4) is 0 Å². The first-order chi connectivity index (χ1) is 9.24. The van der Waals surface area contributed by atoms with Crippen LogP contribution in [0.4, 0.5) is 0 Å². The van der Waals surface area contributed by atoms with Gasteiger partial charge in [-0.3, -0.25) is 0 Å². The second kappa shape index (κ2) is 6.92. The number of benzene rings is 1. The van der Waals surface area contributed by atoms with Crippen LogP contribution in [0.25, 0.3) is 0 Å². The van der Waals surface area contributed by atoms with Crippen LogP contribution in [0, 0.1) is 6.92 Å². The summed E-state index contributed by atoms with van der Waals surface area (Å²) < 4.78 is 11.9. The molecule has 1 aliphatic rings. The van der Waals surface area contributed by atoms with Gasteiger partial charge in [-0.2, -0.15) is 0 Å². The first-order valence-electron chi connectivity index (χ1n) is 7.33. The Labute approximate surface area is 116 Å². The monoisotopic (exact) mass is 263 g/mol. The first kappa shape index (κ1) is 14.4. The van der Waals surface area contributed by atoms with Gasteiger partial charge in [-0.25, -0.2) is 0 Å². The average molecular weight is 263 g/mol. The molecule has 1 aromatic carbocycles. The average Bonchev–Trinajstić information content (AvgIpc) is 2.40. The van der Waals surface area contributed by atoms with Crippen molar-refractivity contribution in [3.8, 4) is 5.75 Å². The number of nitrogens with one attached hydrogen (secondary N) is 1. The molecule has 0 spiro atoms. The summed E-state index contributed by atoms with van der Waals surface area (Å²) in [5.41, 5.74) is 1.25. The van der Waals surface area contributed by atoms with Gasteiger partial charge in [-0.1, -0.05) is 31.5 Å². The van der Waals surface area contributed by atoms with Gasteiger partial charge in [-0.15, -0.1) is 0 Å². The van der Waals surface area contributed by atoms with Crippen LogP contribution in [-0.2, 0) is 4.74 Å². The zero-order chi connectivity index (χ0) is 13.7. The van der Waals surface area contributed by atoms with E-state index in [4.69, 9.17) is 9.47 Å². The minimum Gasteiger partial charge on any atom is -0.488 e. The maximum Gasteiger partial charge on any atom is 0.128 e. The highest BCUT2D eigenvalue weighted by atomic mass is 16.5. The fraction of sp³-hybridized carbons (Fsp3) is 0.625. The van der Waals surface area contributed by atoms with Crippen LogP contribution in [-0.4, -0.2) is 31.4 Å². The highest BCUT2D eigenvalue weighted by Crippen LogP contribution is 2.29.